The van der Waals surface area contributed by atoms with Crippen molar-refractivity contribution >= 4 is 75.4 Å². The molecule has 0 amide bonds. The molecule has 0 aromatic heterocycles. The van der Waals surface area contributed by atoms with Crippen LogP contribution in [0.15, 0.2) is 12.7 Å². The maximum absolute atomic E-state index is 10.3. The van der Waals surface area contributed by atoms with Crippen molar-refractivity contribution in [1.29, 1.82) is 2.67 Å². The van der Waals surface area contributed by atoms with Gasteiger partial charge in [-0.05, 0) is 51.3 Å². The van der Waals surface area contributed by atoms with Gasteiger partial charge in [0.25, 0.3) is 0 Å². The van der Waals surface area contributed by atoms with E-state index in [1.165, 1.54) is 0 Å². The van der Waals surface area contributed by atoms with E-state index in [-0.39, 0.29) is 12.2 Å². The van der Waals surface area contributed by atoms with Gasteiger partial charge in [0.15, 0.2) is 0 Å². The Bertz CT molecular complexity index is 341. The molecule has 6 radical (unpaired) electrons. The van der Waals surface area contributed by atoms with Gasteiger partial charge in [-0.2, -0.15) is 0 Å². The molecule has 0 saturated heterocycles. The molecule has 5 nitrogen and oxygen atoms in total. The van der Waals surface area contributed by atoms with E-state index in [2.05, 4.69) is 6.58 Å². The van der Waals surface area contributed by atoms with Gasteiger partial charge in [0, 0.05) is 6.42 Å². The van der Waals surface area contributed by atoms with E-state index < -0.39 is 16.1 Å². The van der Waals surface area contributed by atoms with Gasteiger partial charge in [-0.1, -0.05) is 29.9 Å². The Hall–Kier alpha value is 1.07. The Kier molecular flexibility index (Phi) is 21.6. The molecule has 13 heteroatoms. The second kappa shape index (κ2) is 22.4. The fraction of sp³-hybridized carbons (Fsp3) is 0.769. The van der Waals surface area contributed by atoms with Crippen LogP contribution in [-0.4, -0.2) is 77.0 Å². The van der Waals surface area contributed by atoms with E-state index >= 15 is 0 Å². The SMILES string of the molecule is [3H][B]SO[C@@H](CC=C)CCOP([B])C.[3H][B]SO[C@@H](CC=O)CCOP([B])C. The van der Waals surface area contributed by atoms with Crippen molar-refractivity contribution in [3.05, 3.63) is 12.7 Å². The largest absolute Gasteiger partial charge is 0.371 e. The van der Waals surface area contributed by atoms with Gasteiger partial charge in [0.1, 0.15) is 21.4 Å². The van der Waals surface area contributed by atoms with Gasteiger partial charge in [-0.3, -0.25) is 0 Å². The van der Waals surface area contributed by atoms with Crippen LogP contribution in [-0.2, 0) is 22.2 Å². The zero-order valence-corrected chi connectivity index (χ0v) is 18.7. The summed E-state index contributed by atoms with van der Waals surface area (Å²) in [6.07, 6.45) is 4.91. The predicted molar refractivity (Wildman–Crippen MR) is 123 cm³/mol. The number of hydrogen-bond donors (Lipinski definition) is 0. The molecule has 142 valence electrons. The van der Waals surface area contributed by atoms with Gasteiger partial charge >= 0.3 is 0 Å². The molecule has 0 aliphatic heterocycles. The fourth-order valence-electron chi connectivity index (χ4n) is 1.52. The van der Waals surface area contributed by atoms with E-state index in [1.54, 1.807) is 12.7 Å². The van der Waals surface area contributed by atoms with Crippen LogP contribution in [0.1, 0.15) is 25.7 Å². The summed E-state index contributed by atoms with van der Waals surface area (Å²) in [7, 11) is 11.5. The minimum atomic E-state index is -0.849. The van der Waals surface area contributed by atoms with Crippen LogP contribution >= 0.6 is 39.8 Å². The van der Waals surface area contributed by atoms with Crippen LogP contribution in [0.25, 0.3) is 0 Å². The lowest BCUT2D eigenvalue weighted by Gasteiger charge is -2.15. The van der Waals surface area contributed by atoms with Crippen LogP contribution in [0.2, 0.25) is 0 Å². The lowest BCUT2D eigenvalue weighted by atomic mass is 10.2. The molecule has 0 fully saturated rings. The van der Waals surface area contributed by atoms with Crippen molar-refractivity contribution in [3.63, 3.8) is 0 Å². The average molecular weight is 436 g/mol. The van der Waals surface area contributed by atoms with Crippen molar-refractivity contribution in [2.75, 3.05) is 26.5 Å². The van der Waals surface area contributed by atoms with Gasteiger partial charge < -0.3 is 22.2 Å². The van der Waals surface area contributed by atoms with E-state index in [4.69, 9.17) is 35.2 Å². The first-order valence-corrected chi connectivity index (χ1v) is 12.9. The minimum Gasteiger partial charge on any atom is -0.371 e. The highest BCUT2D eigenvalue weighted by molar-refractivity contribution is 8.16. The summed E-state index contributed by atoms with van der Waals surface area (Å²) in [5.74, 6) is 0. The van der Waals surface area contributed by atoms with E-state index in [0.717, 1.165) is 57.1 Å². The third-order valence-corrected chi connectivity index (χ3v) is 4.59. The smallest absolute Gasteiger partial charge is 0.209 e. The molecular weight excluding hydrogens is 405 g/mol. The van der Waals surface area contributed by atoms with E-state index in [9.17, 15) is 4.79 Å². The van der Waals surface area contributed by atoms with Crippen LogP contribution in [0.4, 0.5) is 0 Å². The van der Waals surface area contributed by atoms with Crippen LogP contribution < -0.4 is 0 Å². The fourth-order valence-corrected chi connectivity index (χ4v) is 2.97. The lowest BCUT2D eigenvalue weighted by molar-refractivity contribution is -0.109. The number of rotatable bonds is 18. The molecule has 4 atom stereocenters. The zero-order valence-electron chi connectivity index (χ0n) is 17.3. The maximum atomic E-state index is 10.3. The summed E-state index contributed by atoms with van der Waals surface area (Å²) in [5, 5.41) is 0. The van der Waals surface area contributed by atoms with E-state index in [0.29, 0.717) is 26.1 Å². The van der Waals surface area contributed by atoms with Gasteiger partial charge in [-0.15, -0.1) is 6.58 Å². The van der Waals surface area contributed by atoms with Crippen molar-refractivity contribution in [3.8, 4) is 0 Å². The molecule has 0 bridgehead atoms. The average Bonchev–Trinajstić information content (AvgIpc) is 2.64. The molecule has 0 aromatic carbocycles. The first-order valence-electron chi connectivity index (χ1n) is 8.88. The molecular formula is C13H26B4O5P2S2. The highest BCUT2D eigenvalue weighted by Gasteiger charge is 2.08. The standard InChI is InChI=1S/C7H14B2O2PS.C6H12B2O3PS/c1-3-4-7(11-13-9)5-6-10-12(2)8;1-12(7)10-5-3-6(2-4-9)11-13-8/h3,7,9H,1,4-6H2,2H3;4,6,8H,2-3,5H2,1H3/t7-,12?;6-,12?/m00/s1/i9T;8T. The molecule has 0 spiro atoms. The van der Waals surface area contributed by atoms with Gasteiger partial charge in [0.05, 0.1) is 25.4 Å². The highest BCUT2D eigenvalue weighted by atomic mass is 32.2. The Morgan fingerprint density at radius 2 is 1.54 bits per heavy atom. The number of hydrogen-bond acceptors (Lipinski definition) is 7. The summed E-state index contributed by atoms with van der Waals surface area (Å²) < 4.78 is 34.4. The molecule has 0 heterocycles. The number of carbonyl (C=O) groups excluding carboxylic acids is 1. The monoisotopic (exact) mass is 436 g/mol. The minimum absolute atomic E-state index is 0.0500. The van der Waals surface area contributed by atoms with E-state index in [1.807, 2.05) is 6.66 Å². The molecule has 0 aromatic rings. The summed E-state index contributed by atoms with van der Waals surface area (Å²) in [5.41, 5.74) is 0. The lowest BCUT2D eigenvalue weighted by Crippen LogP contribution is -2.12. The quantitative estimate of drug-likeness (QED) is 0.108. The number of aldehydes is 1. The second-order valence-electron chi connectivity index (χ2n) is 4.89. The molecule has 26 heavy (non-hydrogen) atoms. The highest BCUT2D eigenvalue weighted by Crippen LogP contribution is 2.25. The second-order valence-corrected chi connectivity index (χ2v) is 8.36. The Morgan fingerprint density at radius 3 is 1.88 bits per heavy atom. The molecule has 0 aliphatic rings. The third kappa shape index (κ3) is 23.1. The van der Waals surface area contributed by atoms with Crippen LogP contribution in [0.3, 0.4) is 0 Å². The molecule has 0 rings (SSSR count). The summed E-state index contributed by atoms with van der Waals surface area (Å²) in [6, 6.07) is 0. The Labute approximate surface area is 177 Å². The van der Waals surface area contributed by atoms with Crippen molar-refractivity contribution in [2.24, 2.45) is 0 Å². The van der Waals surface area contributed by atoms with Gasteiger partial charge in [0.2, 0.25) is 14.2 Å². The van der Waals surface area contributed by atoms with Crippen molar-refractivity contribution in [2.45, 2.75) is 37.9 Å². The zero-order chi connectivity index (χ0) is 21.6. The summed E-state index contributed by atoms with van der Waals surface area (Å²) >= 11 is 1.94. The molecule has 0 saturated carbocycles. The summed E-state index contributed by atoms with van der Waals surface area (Å²) in [6.45, 7) is 8.37. The third-order valence-electron chi connectivity index (χ3n) is 2.64. The Morgan fingerprint density at radius 1 is 1.08 bits per heavy atom. The molecule has 0 aliphatic carbocycles. The maximum Gasteiger partial charge on any atom is 0.209 e. The van der Waals surface area contributed by atoms with Crippen LogP contribution in [0, 0.1) is 0 Å². The normalized spacial score (nSPS) is 15.9. The number of carbonyl (C=O) groups is 1. The molecule has 0 N–H and O–H groups in total. The molecule has 2 unspecified atom stereocenters. The first-order chi connectivity index (χ1) is 13.4. The summed E-state index contributed by atoms with van der Waals surface area (Å²) in [4.78, 5) is 10.3. The van der Waals surface area contributed by atoms with Crippen molar-refractivity contribution < 1.29 is 22.2 Å². The van der Waals surface area contributed by atoms with Gasteiger partial charge in [-0.25, -0.2) is 0 Å². The predicted octanol–water partition coefficient (Wildman–Crippen LogP) is 2.87. The topological polar surface area (TPSA) is 54.0 Å². The Balaban J connectivity index is 0. The first kappa shape index (κ1) is 25.1. The van der Waals surface area contributed by atoms with Crippen LogP contribution in [0.5, 0.6) is 0 Å². The van der Waals surface area contributed by atoms with Crippen molar-refractivity contribution in [1.82, 2.24) is 0 Å².